The first-order valence-corrected chi connectivity index (χ1v) is 10.5. The Morgan fingerprint density at radius 1 is 0.962 bits per heavy atom. The Labute approximate surface area is 154 Å². The summed E-state index contributed by atoms with van der Waals surface area (Å²) in [6.07, 6.45) is 5.84. The van der Waals surface area contributed by atoms with Crippen molar-refractivity contribution in [3.8, 4) is 0 Å². The molecule has 26 heavy (non-hydrogen) atoms. The van der Waals surface area contributed by atoms with Crippen molar-refractivity contribution in [2.24, 2.45) is 0 Å². The van der Waals surface area contributed by atoms with Crippen LogP contribution in [-0.2, 0) is 35.9 Å². The first kappa shape index (κ1) is 17.1. The average molecular weight is 370 g/mol. The SMILES string of the molecule is Cc1cccc(C(=O)NS(=O)(=O)Nc2c3c(cc4c2CCC4)CCC3)c1. The van der Waals surface area contributed by atoms with Crippen LogP contribution in [0.25, 0.3) is 0 Å². The summed E-state index contributed by atoms with van der Waals surface area (Å²) in [7, 11) is -3.99. The second-order valence-electron chi connectivity index (χ2n) is 7.14. The first-order chi connectivity index (χ1) is 12.4. The van der Waals surface area contributed by atoms with E-state index in [9.17, 15) is 13.2 Å². The quantitative estimate of drug-likeness (QED) is 0.868. The zero-order valence-corrected chi connectivity index (χ0v) is 15.6. The summed E-state index contributed by atoms with van der Waals surface area (Å²) in [6.45, 7) is 1.86. The van der Waals surface area contributed by atoms with Gasteiger partial charge in [0.2, 0.25) is 0 Å². The number of hydrogen-bond donors (Lipinski definition) is 2. The van der Waals surface area contributed by atoms with Gasteiger partial charge in [-0.2, -0.15) is 8.42 Å². The van der Waals surface area contributed by atoms with Crippen LogP contribution in [0.3, 0.4) is 0 Å². The van der Waals surface area contributed by atoms with Gasteiger partial charge in [-0.1, -0.05) is 23.8 Å². The van der Waals surface area contributed by atoms with Crippen LogP contribution < -0.4 is 9.44 Å². The molecule has 0 fully saturated rings. The zero-order valence-electron chi connectivity index (χ0n) is 14.8. The van der Waals surface area contributed by atoms with Gasteiger partial charge in [-0.05, 0) is 79.8 Å². The molecule has 2 aliphatic rings. The monoisotopic (exact) mass is 370 g/mol. The number of anilines is 1. The number of rotatable bonds is 4. The van der Waals surface area contributed by atoms with Crippen molar-refractivity contribution in [2.45, 2.75) is 45.4 Å². The molecule has 0 bridgehead atoms. The van der Waals surface area contributed by atoms with Gasteiger partial charge in [-0.25, -0.2) is 4.72 Å². The molecule has 136 valence electrons. The molecule has 0 aliphatic heterocycles. The second kappa shape index (κ2) is 6.43. The van der Waals surface area contributed by atoms with E-state index in [-0.39, 0.29) is 0 Å². The van der Waals surface area contributed by atoms with Gasteiger partial charge in [0.25, 0.3) is 5.91 Å². The molecule has 2 aromatic carbocycles. The third kappa shape index (κ3) is 3.21. The van der Waals surface area contributed by atoms with Gasteiger partial charge in [-0.3, -0.25) is 9.52 Å². The molecule has 0 saturated carbocycles. The number of aryl methyl sites for hydroxylation is 3. The Balaban J connectivity index is 1.62. The highest BCUT2D eigenvalue weighted by atomic mass is 32.2. The van der Waals surface area contributed by atoms with Crippen molar-refractivity contribution in [1.82, 2.24) is 4.72 Å². The highest BCUT2D eigenvalue weighted by Crippen LogP contribution is 2.38. The minimum absolute atomic E-state index is 0.332. The van der Waals surface area contributed by atoms with Crippen molar-refractivity contribution in [1.29, 1.82) is 0 Å². The van der Waals surface area contributed by atoms with E-state index in [1.54, 1.807) is 18.2 Å². The second-order valence-corrected chi connectivity index (χ2v) is 8.56. The maximum Gasteiger partial charge on any atom is 0.323 e. The Morgan fingerprint density at radius 2 is 1.62 bits per heavy atom. The van der Waals surface area contributed by atoms with E-state index in [4.69, 9.17) is 0 Å². The molecule has 2 aliphatic carbocycles. The fourth-order valence-corrected chi connectivity index (χ4v) is 4.99. The van der Waals surface area contributed by atoms with Gasteiger partial charge < -0.3 is 0 Å². The molecular weight excluding hydrogens is 348 g/mol. The van der Waals surface area contributed by atoms with Crippen LogP contribution in [0.2, 0.25) is 0 Å². The molecule has 0 aromatic heterocycles. The highest BCUT2D eigenvalue weighted by molar-refractivity contribution is 7.91. The Bertz CT molecular complexity index is 964. The lowest BCUT2D eigenvalue weighted by Gasteiger charge is -2.17. The van der Waals surface area contributed by atoms with Gasteiger partial charge in [0.1, 0.15) is 0 Å². The van der Waals surface area contributed by atoms with E-state index in [2.05, 4.69) is 15.5 Å². The predicted octanol–water partition coefficient (Wildman–Crippen LogP) is 3.06. The van der Waals surface area contributed by atoms with E-state index in [1.807, 2.05) is 13.0 Å². The van der Waals surface area contributed by atoms with Crippen LogP contribution in [0.15, 0.2) is 30.3 Å². The molecule has 0 atom stereocenters. The Hall–Kier alpha value is -2.34. The van der Waals surface area contributed by atoms with Crippen molar-refractivity contribution in [2.75, 3.05) is 4.72 Å². The fraction of sp³-hybridized carbons (Fsp3) is 0.350. The molecular formula is C20H22N2O3S. The number of benzene rings is 2. The standard InChI is InChI=1S/C20H22N2O3S/c1-13-5-2-8-16(11-13)20(23)22-26(24,25)21-19-17-9-3-6-14(17)12-15-7-4-10-18(15)19/h2,5,8,11-12,21H,3-4,6-7,9-10H2,1H3,(H,22,23). The van der Waals surface area contributed by atoms with E-state index >= 15 is 0 Å². The third-order valence-electron chi connectivity index (χ3n) is 5.22. The predicted molar refractivity (Wildman–Crippen MR) is 102 cm³/mol. The van der Waals surface area contributed by atoms with E-state index < -0.39 is 16.1 Å². The van der Waals surface area contributed by atoms with Gasteiger partial charge in [0, 0.05) is 5.56 Å². The first-order valence-electron chi connectivity index (χ1n) is 9.01. The summed E-state index contributed by atoms with van der Waals surface area (Å²) in [5, 5.41) is 0. The topological polar surface area (TPSA) is 75.3 Å². The number of carbonyl (C=O) groups excluding carboxylic acids is 1. The molecule has 1 amide bonds. The van der Waals surface area contributed by atoms with E-state index in [0.29, 0.717) is 11.3 Å². The summed E-state index contributed by atoms with van der Waals surface area (Å²) >= 11 is 0. The average Bonchev–Trinajstić information content (AvgIpc) is 3.23. The molecule has 5 nitrogen and oxygen atoms in total. The smallest absolute Gasteiger partial charge is 0.268 e. The Kier molecular flexibility index (Phi) is 4.23. The normalized spacial score (nSPS) is 15.4. The molecule has 2 aromatic rings. The minimum atomic E-state index is -3.99. The molecule has 0 radical (unpaired) electrons. The summed E-state index contributed by atoms with van der Waals surface area (Å²) in [4.78, 5) is 12.3. The molecule has 4 rings (SSSR count). The summed E-state index contributed by atoms with van der Waals surface area (Å²) < 4.78 is 30.1. The van der Waals surface area contributed by atoms with Gasteiger partial charge >= 0.3 is 10.2 Å². The maximum atomic E-state index is 12.6. The fourth-order valence-electron chi connectivity index (χ4n) is 4.07. The van der Waals surface area contributed by atoms with Crippen molar-refractivity contribution in [3.05, 3.63) is 63.7 Å². The largest absolute Gasteiger partial charge is 0.323 e. The lowest BCUT2D eigenvalue weighted by atomic mass is 9.99. The van der Waals surface area contributed by atoms with Crippen LogP contribution in [0.5, 0.6) is 0 Å². The minimum Gasteiger partial charge on any atom is -0.268 e. The summed E-state index contributed by atoms with van der Waals surface area (Å²) in [6, 6.07) is 9.12. The number of amides is 1. The van der Waals surface area contributed by atoms with Crippen LogP contribution in [0.1, 0.15) is 51.0 Å². The number of hydrogen-bond acceptors (Lipinski definition) is 3. The van der Waals surface area contributed by atoms with Crippen LogP contribution in [0, 0.1) is 6.92 Å². The lowest BCUT2D eigenvalue weighted by Crippen LogP contribution is -2.36. The van der Waals surface area contributed by atoms with E-state index in [1.165, 1.54) is 11.1 Å². The number of nitrogens with one attached hydrogen (secondary N) is 2. The van der Waals surface area contributed by atoms with E-state index in [0.717, 1.165) is 55.2 Å². The van der Waals surface area contributed by atoms with Crippen molar-refractivity contribution < 1.29 is 13.2 Å². The van der Waals surface area contributed by atoms with Crippen molar-refractivity contribution >= 4 is 21.8 Å². The molecule has 2 N–H and O–H groups in total. The van der Waals surface area contributed by atoms with Crippen LogP contribution in [0.4, 0.5) is 5.69 Å². The lowest BCUT2D eigenvalue weighted by molar-refractivity contribution is 0.0981. The van der Waals surface area contributed by atoms with Gasteiger partial charge in [0.05, 0.1) is 5.69 Å². The molecule has 0 unspecified atom stereocenters. The number of fused-ring (bicyclic) bond motifs is 2. The molecule has 0 saturated heterocycles. The molecule has 0 spiro atoms. The van der Waals surface area contributed by atoms with Crippen LogP contribution >= 0.6 is 0 Å². The van der Waals surface area contributed by atoms with Gasteiger partial charge in [0.15, 0.2) is 0 Å². The molecule has 6 heteroatoms. The highest BCUT2D eigenvalue weighted by Gasteiger charge is 2.27. The third-order valence-corrected chi connectivity index (χ3v) is 6.14. The maximum absolute atomic E-state index is 12.6. The van der Waals surface area contributed by atoms with Crippen molar-refractivity contribution in [3.63, 3.8) is 0 Å². The summed E-state index contributed by atoms with van der Waals surface area (Å²) in [5.74, 6) is -0.620. The summed E-state index contributed by atoms with van der Waals surface area (Å²) in [5.41, 5.74) is 6.62. The zero-order chi connectivity index (χ0) is 18.3. The number of carbonyl (C=O) groups is 1. The van der Waals surface area contributed by atoms with Crippen LogP contribution in [-0.4, -0.2) is 14.3 Å². The molecule has 0 heterocycles. The Morgan fingerprint density at radius 3 is 2.23 bits per heavy atom. The van der Waals surface area contributed by atoms with Gasteiger partial charge in [-0.15, -0.1) is 0 Å².